The molecule has 0 saturated heterocycles. The minimum Gasteiger partial charge on any atom is -0.464 e. The Morgan fingerprint density at radius 1 is 1.02 bits per heavy atom. The molecule has 9 nitrogen and oxygen atoms in total. The van der Waals surface area contributed by atoms with Gasteiger partial charge in [-0.3, -0.25) is 14.4 Å². The first kappa shape index (κ1) is 28.8. The number of amides is 3. The fourth-order valence-corrected chi connectivity index (χ4v) is 6.47. The van der Waals surface area contributed by atoms with Gasteiger partial charge in [0.1, 0.15) is 22.2 Å². The van der Waals surface area contributed by atoms with Crippen molar-refractivity contribution in [2.24, 2.45) is 0 Å². The van der Waals surface area contributed by atoms with Crippen molar-refractivity contribution in [3.8, 4) is 0 Å². The number of aromatic nitrogens is 1. The monoisotopic (exact) mass is 581 g/mol. The molecular weight excluding hydrogens is 545 g/mol. The highest BCUT2D eigenvalue weighted by molar-refractivity contribution is 7.09. The second-order valence-corrected chi connectivity index (χ2v) is 11.7. The van der Waals surface area contributed by atoms with E-state index in [4.69, 9.17) is 10.2 Å². The molecule has 2 aromatic heterocycles. The largest absolute Gasteiger partial charge is 0.464 e. The molecule has 0 spiro atoms. The molecule has 11 heteroatoms. The summed E-state index contributed by atoms with van der Waals surface area (Å²) in [5.74, 6) is -1.19. The van der Waals surface area contributed by atoms with E-state index >= 15 is 0 Å². The van der Waals surface area contributed by atoms with Gasteiger partial charge < -0.3 is 25.7 Å². The van der Waals surface area contributed by atoms with E-state index in [0.29, 0.717) is 5.76 Å². The Hall–Kier alpha value is -3.73. The molecule has 41 heavy (non-hydrogen) atoms. The van der Waals surface area contributed by atoms with Crippen molar-refractivity contribution in [2.75, 3.05) is 5.73 Å². The Bertz CT molecular complexity index is 1390. The summed E-state index contributed by atoms with van der Waals surface area (Å²) in [6.07, 6.45) is 8.72. The van der Waals surface area contributed by atoms with Crippen molar-refractivity contribution in [3.63, 3.8) is 0 Å². The third-order valence-corrected chi connectivity index (χ3v) is 8.78. The van der Waals surface area contributed by atoms with Gasteiger partial charge in [-0.25, -0.2) is 4.39 Å². The lowest BCUT2D eigenvalue weighted by Gasteiger charge is -2.30. The zero-order valence-electron chi connectivity index (χ0n) is 23.2. The van der Waals surface area contributed by atoms with Crippen molar-refractivity contribution in [3.05, 3.63) is 69.9 Å². The number of hydrogen-bond donors (Lipinski definition) is 3. The van der Waals surface area contributed by atoms with Gasteiger partial charge in [0.05, 0.1) is 12.2 Å². The molecule has 0 radical (unpaired) electrons. The summed E-state index contributed by atoms with van der Waals surface area (Å²) in [5.41, 5.74) is 6.51. The number of halogens is 1. The lowest BCUT2D eigenvalue weighted by Crippen LogP contribution is -2.45. The SMILES string of the molecule is Cc1ccc(C(C(=O)NC2CCCC2)N(Cc2ccccc2F)C(=O)c2snc(C(=O)NC3CCCCC3)c2N)o1. The number of hydrogen-bond acceptors (Lipinski definition) is 7. The Balaban J connectivity index is 1.49. The molecule has 0 bridgehead atoms. The number of carbonyl (C=O) groups excluding carboxylic acids is 3. The maximum atomic E-state index is 14.9. The third kappa shape index (κ3) is 6.61. The number of rotatable bonds is 9. The molecule has 5 rings (SSSR count). The van der Waals surface area contributed by atoms with E-state index in [1.807, 2.05) is 0 Å². The minimum atomic E-state index is -1.20. The number of carbonyl (C=O) groups is 3. The zero-order chi connectivity index (χ0) is 28.9. The van der Waals surface area contributed by atoms with E-state index in [-0.39, 0.29) is 46.2 Å². The molecule has 0 aliphatic heterocycles. The first-order chi connectivity index (χ1) is 19.8. The van der Waals surface area contributed by atoms with Crippen LogP contribution in [0.5, 0.6) is 0 Å². The summed E-state index contributed by atoms with van der Waals surface area (Å²) in [6.45, 7) is 1.52. The van der Waals surface area contributed by atoms with Crippen molar-refractivity contribution >= 4 is 34.9 Å². The van der Waals surface area contributed by atoms with Crippen LogP contribution in [0.4, 0.5) is 10.1 Å². The minimum absolute atomic E-state index is 0.0112. The molecule has 1 atom stereocenters. The maximum Gasteiger partial charge on any atom is 0.273 e. The van der Waals surface area contributed by atoms with Crippen molar-refractivity contribution in [1.29, 1.82) is 0 Å². The molecule has 2 fully saturated rings. The number of furan rings is 1. The van der Waals surface area contributed by atoms with Crippen LogP contribution in [0.15, 0.2) is 40.8 Å². The van der Waals surface area contributed by atoms with Crippen LogP contribution in [0.2, 0.25) is 0 Å². The van der Waals surface area contributed by atoms with Gasteiger partial charge in [0.15, 0.2) is 11.7 Å². The second-order valence-electron chi connectivity index (χ2n) is 10.9. The summed E-state index contributed by atoms with van der Waals surface area (Å²) < 4.78 is 25.0. The summed E-state index contributed by atoms with van der Waals surface area (Å²) in [5, 5.41) is 6.05. The summed E-state index contributed by atoms with van der Waals surface area (Å²) >= 11 is 0.797. The van der Waals surface area contributed by atoms with Crippen LogP contribution in [0.25, 0.3) is 0 Å². The molecule has 2 saturated carbocycles. The molecule has 2 aliphatic carbocycles. The van der Waals surface area contributed by atoms with Crippen molar-refractivity contribution in [1.82, 2.24) is 19.9 Å². The molecule has 2 heterocycles. The van der Waals surface area contributed by atoms with Crippen LogP contribution in [-0.2, 0) is 11.3 Å². The number of aryl methyl sites for hydroxylation is 1. The number of benzene rings is 1. The van der Waals surface area contributed by atoms with Gasteiger partial charge in [-0.1, -0.05) is 50.3 Å². The molecule has 1 aromatic carbocycles. The average Bonchev–Trinajstić information content (AvgIpc) is 3.71. The van der Waals surface area contributed by atoms with Crippen LogP contribution in [0.3, 0.4) is 0 Å². The Morgan fingerprint density at radius 3 is 2.34 bits per heavy atom. The van der Waals surface area contributed by atoms with Gasteiger partial charge >= 0.3 is 0 Å². The molecule has 3 amide bonds. The zero-order valence-corrected chi connectivity index (χ0v) is 24.0. The standard InChI is InChI=1S/C30H36FN5O4S/c1-18-15-16-23(40-18)26(29(38)34-21-12-6-7-13-21)36(17-19-9-5-8-14-22(19)31)30(39)27-24(32)25(35-41-27)28(37)33-20-10-3-2-4-11-20/h5,8-9,14-16,20-21,26H,2-4,6-7,10-13,17,32H2,1H3,(H,33,37)(H,34,38). The molecule has 1 unspecified atom stereocenters. The predicted molar refractivity (Wildman–Crippen MR) is 154 cm³/mol. The number of anilines is 1. The lowest BCUT2D eigenvalue weighted by atomic mass is 9.95. The predicted octanol–water partition coefficient (Wildman–Crippen LogP) is 5.27. The molecule has 4 N–H and O–H groups in total. The fourth-order valence-electron chi connectivity index (χ4n) is 5.71. The number of nitrogens with two attached hydrogens (primary N) is 1. The lowest BCUT2D eigenvalue weighted by molar-refractivity contribution is -0.127. The average molecular weight is 582 g/mol. The van der Waals surface area contributed by atoms with Gasteiger partial charge in [0.2, 0.25) is 0 Å². The summed E-state index contributed by atoms with van der Waals surface area (Å²) in [6, 6.07) is 8.28. The molecule has 218 valence electrons. The highest BCUT2D eigenvalue weighted by Crippen LogP contribution is 2.32. The molecular formula is C30H36FN5O4S. The highest BCUT2D eigenvalue weighted by Gasteiger charge is 2.38. The van der Waals surface area contributed by atoms with Crippen molar-refractivity contribution < 1.29 is 23.2 Å². The summed E-state index contributed by atoms with van der Waals surface area (Å²) in [4.78, 5) is 42.3. The van der Waals surface area contributed by atoms with E-state index in [1.165, 1.54) is 11.0 Å². The van der Waals surface area contributed by atoms with Crippen LogP contribution in [0, 0.1) is 12.7 Å². The smallest absolute Gasteiger partial charge is 0.273 e. The number of nitrogens with one attached hydrogen (secondary N) is 2. The van der Waals surface area contributed by atoms with E-state index in [9.17, 15) is 18.8 Å². The van der Waals surface area contributed by atoms with Gasteiger partial charge in [-0.05, 0) is 62.3 Å². The fraction of sp³-hybridized carbons (Fsp3) is 0.467. The third-order valence-electron chi connectivity index (χ3n) is 7.93. The van der Waals surface area contributed by atoms with E-state index in [0.717, 1.165) is 69.3 Å². The van der Waals surface area contributed by atoms with Crippen LogP contribution in [-0.4, -0.2) is 39.1 Å². The van der Waals surface area contributed by atoms with Gasteiger partial charge in [-0.15, -0.1) is 0 Å². The Morgan fingerprint density at radius 2 is 1.68 bits per heavy atom. The summed E-state index contributed by atoms with van der Waals surface area (Å²) in [7, 11) is 0. The van der Waals surface area contributed by atoms with Crippen LogP contribution < -0.4 is 16.4 Å². The van der Waals surface area contributed by atoms with Gasteiger partial charge in [0, 0.05) is 17.6 Å². The first-order valence-corrected chi connectivity index (χ1v) is 15.1. The van der Waals surface area contributed by atoms with Crippen LogP contribution in [0.1, 0.15) is 101 Å². The maximum absolute atomic E-state index is 14.9. The van der Waals surface area contributed by atoms with E-state index in [1.54, 1.807) is 37.3 Å². The Labute approximate surface area is 242 Å². The van der Waals surface area contributed by atoms with E-state index in [2.05, 4.69) is 15.0 Å². The van der Waals surface area contributed by atoms with Gasteiger partial charge in [-0.2, -0.15) is 4.37 Å². The number of nitrogen functional groups attached to an aromatic ring is 1. The van der Waals surface area contributed by atoms with Crippen LogP contribution >= 0.6 is 11.5 Å². The van der Waals surface area contributed by atoms with Crippen molar-refractivity contribution in [2.45, 2.75) is 89.4 Å². The quantitative estimate of drug-likeness (QED) is 0.316. The highest BCUT2D eigenvalue weighted by atomic mass is 32.1. The topological polar surface area (TPSA) is 131 Å². The first-order valence-electron chi connectivity index (χ1n) is 14.3. The van der Waals surface area contributed by atoms with E-state index < -0.39 is 29.6 Å². The van der Waals surface area contributed by atoms with Gasteiger partial charge in [0.25, 0.3) is 17.7 Å². The Kier molecular flexibility index (Phi) is 9.02. The normalized spacial score (nSPS) is 16.8. The molecule has 3 aromatic rings. The second kappa shape index (κ2) is 12.8. The number of nitrogens with zero attached hydrogens (tertiary/aromatic N) is 2. The molecule has 2 aliphatic rings.